The molecule has 0 spiro atoms. The van der Waals surface area contributed by atoms with Gasteiger partial charge in [-0.3, -0.25) is 9.97 Å². The Morgan fingerprint density at radius 1 is 1.10 bits per heavy atom. The molecule has 0 saturated carbocycles. The van der Waals surface area contributed by atoms with Crippen LogP contribution in [0.3, 0.4) is 0 Å². The van der Waals surface area contributed by atoms with Crippen molar-refractivity contribution in [3.8, 4) is 10.7 Å². The highest BCUT2D eigenvalue weighted by molar-refractivity contribution is 7.18. The van der Waals surface area contributed by atoms with Crippen LogP contribution in [0.2, 0.25) is 0 Å². The molecule has 20 heavy (non-hydrogen) atoms. The van der Waals surface area contributed by atoms with E-state index < -0.39 is 0 Å². The van der Waals surface area contributed by atoms with Gasteiger partial charge in [0, 0.05) is 32.2 Å². The maximum atomic E-state index is 4.29. The fourth-order valence-corrected chi connectivity index (χ4v) is 2.58. The summed E-state index contributed by atoms with van der Waals surface area (Å²) in [6.07, 6.45) is 5.39. The summed E-state index contributed by atoms with van der Waals surface area (Å²) in [6.45, 7) is 0.755. The lowest BCUT2D eigenvalue weighted by Gasteiger charge is -2.14. The van der Waals surface area contributed by atoms with Crippen molar-refractivity contribution < 1.29 is 0 Å². The van der Waals surface area contributed by atoms with Crippen molar-refractivity contribution in [1.82, 2.24) is 20.2 Å². The van der Waals surface area contributed by atoms with Crippen molar-refractivity contribution >= 4 is 16.5 Å². The molecule has 0 atom stereocenters. The normalized spacial score (nSPS) is 10.4. The predicted molar refractivity (Wildman–Crippen MR) is 79.5 cm³/mol. The van der Waals surface area contributed by atoms with E-state index in [0.29, 0.717) is 0 Å². The first kappa shape index (κ1) is 12.7. The van der Waals surface area contributed by atoms with Crippen LogP contribution in [0.5, 0.6) is 0 Å². The van der Waals surface area contributed by atoms with Gasteiger partial charge in [-0.1, -0.05) is 23.5 Å². The largest absolute Gasteiger partial charge is 0.345 e. The fourth-order valence-electron chi connectivity index (χ4n) is 1.80. The molecule has 3 aromatic heterocycles. The van der Waals surface area contributed by atoms with Gasteiger partial charge in [0.05, 0.1) is 0 Å². The summed E-state index contributed by atoms with van der Waals surface area (Å²) >= 11 is 1.53. The molecule has 0 aliphatic heterocycles. The van der Waals surface area contributed by atoms with Gasteiger partial charge < -0.3 is 4.90 Å². The van der Waals surface area contributed by atoms with Gasteiger partial charge in [-0.15, -0.1) is 10.2 Å². The van der Waals surface area contributed by atoms with E-state index in [4.69, 9.17) is 0 Å². The van der Waals surface area contributed by atoms with E-state index in [1.165, 1.54) is 11.3 Å². The number of pyridine rings is 2. The van der Waals surface area contributed by atoms with Crippen molar-refractivity contribution in [2.45, 2.75) is 6.54 Å². The van der Waals surface area contributed by atoms with Gasteiger partial charge in [0.25, 0.3) is 0 Å². The van der Waals surface area contributed by atoms with E-state index in [1.54, 1.807) is 12.4 Å². The molecule has 0 aliphatic carbocycles. The minimum Gasteiger partial charge on any atom is -0.345 e. The topological polar surface area (TPSA) is 54.8 Å². The Balaban J connectivity index is 1.77. The molecule has 0 radical (unpaired) electrons. The van der Waals surface area contributed by atoms with Gasteiger partial charge in [-0.05, 0) is 23.8 Å². The number of nitrogens with zero attached hydrogens (tertiary/aromatic N) is 5. The Morgan fingerprint density at radius 2 is 2.05 bits per heavy atom. The third kappa shape index (κ3) is 2.80. The Hall–Kier alpha value is -2.34. The van der Waals surface area contributed by atoms with Crippen molar-refractivity contribution in [3.63, 3.8) is 0 Å². The summed E-state index contributed by atoms with van der Waals surface area (Å²) in [7, 11) is 2.00. The first-order chi connectivity index (χ1) is 9.83. The van der Waals surface area contributed by atoms with Crippen molar-refractivity contribution in [1.29, 1.82) is 0 Å². The molecular formula is C14H13N5S. The second kappa shape index (κ2) is 5.75. The summed E-state index contributed by atoms with van der Waals surface area (Å²) in [5.74, 6) is 0. The van der Waals surface area contributed by atoms with Crippen LogP contribution < -0.4 is 4.90 Å². The summed E-state index contributed by atoms with van der Waals surface area (Å²) in [5.41, 5.74) is 2.00. The minimum atomic E-state index is 0.755. The molecular weight excluding hydrogens is 270 g/mol. The van der Waals surface area contributed by atoms with Crippen molar-refractivity contribution in [3.05, 3.63) is 54.5 Å². The second-order valence-corrected chi connectivity index (χ2v) is 5.28. The highest BCUT2D eigenvalue weighted by atomic mass is 32.1. The average molecular weight is 283 g/mol. The fraction of sp³-hybridized carbons (Fsp3) is 0.143. The van der Waals surface area contributed by atoms with Crippen LogP contribution in [-0.4, -0.2) is 27.2 Å². The van der Waals surface area contributed by atoms with Gasteiger partial charge in [0.15, 0.2) is 5.01 Å². The molecule has 6 heteroatoms. The lowest BCUT2D eigenvalue weighted by Crippen LogP contribution is -2.16. The van der Waals surface area contributed by atoms with Crippen LogP contribution in [0.25, 0.3) is 10.7 Å². The monoisotopic (exact) mass is 283 g/mol. The molecule has 3 heterocycles. The Bertz CT molecular complexity index is 668. The van der Waals surface area contributed by atoms with Gasteiger partial charge in [0.2, 0.25) is 5.13 Å². The quantitative estimate of drug-likeness (QED) is 0.736. The van der Waals surface area contributed by atoms with E-state index in [9.17, 15) is 0 Å². The summed E-state index contributed by atoms with van der Waals surface area (Å²) in [4.78, 5) is 10.5. The zero-order valence-electron chi connectivity index (χ0n) is 11.0. The Kier molecular flexibility index (Phi) is 3.64. The predicted octanol–water partition coefficient (Wildman–Crippen LogP) is 2.63. The standard InChI is InChI=1S/C14H13N5S/c1-19(10-11-5-4-7-15-9-11)14-18-17-13(20-14)12-6-2-3-8-16-12/h2-9H,10H2,1H3. The van der Waals surface area contributed by atoms with Gasteiger partial charge >= 0.3 is 0 Å². The lowest BCUT2D eigenvalue weighted by atomic mass is 10.3. The number of aromatic nitrogens is 4. The van der Waals surface area contributed by atoms with Crippen LogP contribution in [0.4, 0.5) is 5.13 Å². The first-order valence-corrected chi connectivity index (χ1v) is 6.99. The third-order valence-electron chi connectivity index (χ3n) is 2.77. The second-order valence-electron chi connectivity index (χ2n) is 4.32. The molecule has 0 unspecified atom stereocenters. The lowest BCUT2D eigenvalue weighted by molar-refractivity contribution is 0.888. The Morgan fingerprint density at radius 3 is 2.80 bits per heavy atom. The van der Waals surface area contributed by atoms with Crippen LogP contribution in [-0.2, 0) is 6.54 Å². The van der Waals surface area contributed by atoms with Crippen LogP contribution in [0, 0.1) is 0 Å². The summed E-state index contributed by atoms with van der Waals surface area (Å²) < 4.78 is 0. The molecule has 3 rings (SSSR count). The molecule has 0 bridgehead atoms. The van der Waals surface area contributed by atoms with Crippen LogP contribution in [0.15, 0.2) is 48.9 Å². The van der Waals surface area contributed by atoms with E-state index in [1.807, 2.05) is 43.6 Å². The third-order valence-corrected chi connectivity index (χ3v) is 3.83. The molecule has 0 aliphatic rings. The van der Waals surface area contributed by atoms with Crippen LogP contribution >= 0.6 is 11.3 Å². The molecule has 5 nitrogen and oxygen atoms in total. The zero-order chi connectivity index (χ0) is 13.8. The SMILES string of the molecule is CN(Cc1cccnc1)c1nnc(-c2ccccn2)s1. The summed E-state index contributed by atoms with van der Waals surface area (Å²) in [5, 5.41) is 10.1. The molecule has 0 fully saturated rings. The van der Waals surface area contributed by atoms with Crippen molar-refractivity contribution in [2.75, 3.05) is 11.9 Å². The average Bonchev–Trinajstić information content (AvgIpc) is 2.99. The number of hydrogen-bond donors (Lipinski definition) is 0. The van der Waals surface area contributed by atoms with E-state index in [-0.39, 0.29) is 0 Å². The molecule has 0 saturated heterocycles. The highest BCUT2D eigenvalue weighted by Gasteiger charge is 2.11. The maximum Gasteiger partial charge on any atom is 0.208 e. The van der Waals surface area contributed by atoms with E-state index in [2.05, 4.69) is 25.1 Å². The van der Waals surface area contributed by atoms with Crippen LogP contribution in [0.1, 0.15) is 5.56 Å². The molecule has 0 amide bonds. The number of hydrogen-bond acceptors (Lipinski definition) is 6. The molecule has 0 aromatic carbocycles. The summed E-state index contributed by atoms with van der Waals surface area (Å²) in [6, 6.07) is 9.75. The molecule has 3 aromatic rings. The molecule has 0 N–H and O–H groups in total. The van der Waals surface area contributed by atoms with Gasteiger partial charge in [-0.2, -0.15) is 0 Å². The molecule has 100 valence electrons. The number of rotatable bonds is 4. The first-order valence-electron chi connectivity index (χ1n) is 6.18. The Labute approximate surface area is 121 Å². The van der Waals surface area contributed by atoms with Crippen molar-refractivity contribution in [2.24, 2.45) is 0 Å². The number of anilines is 1. The minimum absolute atomic E-state index is 0.755. The maximum absolute atomic E-state index is 4.29. The zero-order valence-corrected chi connectivity index (χ0v) is 11.8. The highest BCUT2D eigenvalue weighted by Crippen LogP contribution is 2.27. The van der Waals surface area contributed by atoms with Gasteiger partial charge in [0.1, 0.15) is 5.69 Å². The van der Waals surface area contributed by atoms with E-state index >= 15 is 0 Å². The van der Waals surface area contributed by atoms with E-state index in [0.717, 1.165) is 27.9 Å². The smallest absolute Gasteiger partial charge is 0.208 e. The van der Waals surface area contributed by atoms with Gasteiger partial charge in [-0.25, -0.2) is 0 Å².